The van der Waals surface area contributed by atoms with Crippen molar-refractivity contribution < 1.29 is 18.0 Å². The van der Waals surface area contributed by atoms with E-state index in [0.717, 1.165) is 21.0 Å². The van der Waals surface area contributed by atoms with Crippen molar-refractivity contribution in [3.05, 3.63) is 93.5 Å². The summed E-state index contributed by atoms with van der Waals surface area (Å²) in [6.45, 7) is 9.62. The molecule has 1 atom stereocenters. The number of nitrogens with zero attached hydrogens (tertiary/aromatic N) is 2. The number of halogens is 2. The SMILES string of the molecule is CC[C@H](C(=O)NCC(C)C)N(Cc1cccc(C)c1)C(=O)CN(c1cc(Cl)cc(Cl)c1)S(=O)(=O)c1ccc(C)cc1. The fraction of sp³-hybridized carbons (Fsp3) is 0.355. The summed E-state index contributed by atoms with van der Waals surface area (Å²) in [7, 11) is -4.22. The van der Waals surface area contributed by atoms with Gasteiger partial charge in [-0.25, -0.2) is 8.42 Å². The minimum absolute atomic E-state index is 0.0129. The largest absolute Gasteiger partial charge is 0.354 e. The van der Waals surface area contributed by atoms with Crippen LogP contribution in [0.1, 0.15) is 43.9 Å². The van der Waals surface area contributed by atoms with Crippen LogP contribution in [0.5, 0.6) is 0 Å². The number of rotatable bonds is 12. The Labute approximate surface area is 253 Å². The Balaban J connectivity index is 2.08. The van der Waals surface area contributed by atoms with Gasteiger partial charge in [0.2, 0.25) is 11.8 Å². The van der Waals surface area contributed by atoms with Gasteiger partial charge in [-0.2, -0.15) is 0 Å². The number of hydrogen-bond acceptors (Lipinski definition) is 4. The molecule has 0 heterocycles. The third-order valence-corrected chi connectivity index (χ3v) is 8.75. The van der Waals surface area contributed by atoms with E-state index in [9.17, 15) is 18.0 Å². The number of carbonyl (C=O) groups is 2. The minimum atomic E-state index is -4.22. The van der Waals surface area contributed by atoms with E-state index < -0.39 is 28.5 Å². The molecule has 3 aromatic rings. The third-order valence-electron chi connectivity index (χ3n) is 6.53. The minimum Gasteiger partial charge on any atom is -0.354 e. The molecule has 0 unspecified atom stereocenters. The van der Waals surface area contributed by atoms with Crippen molar-refractivity contribution in [2.75, 3.05) is 17.4 Å². The summed E-state index contributed by atoms with van der Waals surface area (Å²) in [4.78, 5) is 28.9. The molecule has 220 valence electrons. The van der Waals surface area contributed by atoms with Crippen LogP contribution in [0.25, 0.3) is 0 Å². The molecule has 0 bridgehead atoms. The number of benzene rings is 3. The molecule has 3 rings (SSSR count). The highest BCUT2D eigenvalue weighted by atomic mass is 35.5. The molecule has 0 saturated carbocycles. The number of amides is 2. The Hall–Kier alpha value is -3.07. The van der Waals surface area contributed by atoms with Crippen LogP contribution in [-0.2, 0) is 26.2 Å². The predicted octanol–water partition coefficient (Wildman–Crippen LogP) is 6.39. The lowest BCUT2D eigenvalue weighted by Gasteiger charge is -2.33. The highest BCUT2D eigenvalue weighted by Crippen LogP contribution is 2.30. The normalized spacial score (nSPS) is 12.2. The van der Waals surface area contributed by atoms with Crippen LogP contribution in [-0.4, -0.2) is 44.3 Å². The van der Waals surface area contributed by atoms with Crippen molar-refractivity contribution in [1.82, 2.24) is 10.2 Å². The Morgan fingerprint density at radius 3 is 2.10 bits per heavy atom. The van der Waals surface area contributed by atoms with Gasteiger partial charge in [-0.1, -0.05) is 91.5 Å². The van der Waals surface area contributed by atoms with Gasteiger partial charge in [0, 0.05) is 23.1 Å². The molecule has 0 aliphatic carbocycles. The molecule has 10 heteroatoms. The van der Waals surface area contributed by atoms with E-state index in [-0.39, 0.29) is 39.0 Å². The molecule has 0 radical (unpaired) electrons. The molecule has 0 saturated heterocycles. The Morgan fingerprint density at radius 2 is 1.54 bits per heavy atom. The lowest BCUT2D eigenvalue weighted by Crippen LogP contribution is -2.52. The zero-order valence-corrected chi connectivity index (χ0v) is 26.4. The van der Waals surface area contributed by atoms with E-state index in [1.165, 1.54) is 35.2 Å². The first kappa shape index (κ1) is 32.4. The summed E-state index contributed by atoms with van der Waals surface area (Å²) in [5.41, 5.74) is 2.86. The van der Waals surface area contributed by atoms with Crippen LogP contribution in [0.2, 0.25) is 10.0 Å². The van der Waals surface area contributed by atoms with Gasteiger partial charge in [0.15, 0.2) is 0 Å². The standard InChI is InChI=1S/C31H37Cl2N3O4S/c1-6-29(31(38)34-18-21(2)3)35(19-24-9-7-8-23(5)14-24)30(37)20-36(27-16-25(32)15-26(33)17-27)41(39,40)28-12-10-22(4)11-13-28/h7-17,21,29H,6,18-20H2,1-5H3,(H,34,38)/t29-/m1/s1. The molecular weight excluding hydrogens is 581 g/mol. The molecule has 2 amide bonds. The number of sulfonamides is 1. The fourth-order valence-electron chi connectivity index (χ4n) is 4.40. The van der Waals surface area contributed by atoms with Crippen molar-refractivity contribution in [1.29, 1.82) is 0 Å². The Morgan fingerprint density at radius 1 is 0.902 bits per heavy atom. The Bertz CT molecular complexity index is 1460. The quantitative estimate of drug-likeness (QED) is 0.255. The van der Waals surface area contributed by atoms with E-state index in [0.29, 0.717) is 13.0 Å². The summed E-state index contributed by atoms with van der Waals surface area (Å²) >= 11 is 12.5. The van der Waals surface area contributed by atoms with Crippen molar-refractivity contribution in [2.45, 2.75) is 58.5 Å². The van der Waals surface area contributed by atoms with Crippen LogP contribution in [0.3, 0.4) is 0 Å². The highest BCUT2D eigenvalue weighted by molar-refractivity contribution is 7.92. The summed E-state index contributed by atoms with van der Waals surface area (Å²) in [6.07, 6.45) is 0.342. The van der Waals surface area contributed by atoms with Crippen molar-refractivity contribution in [3.8, 4) is 0 Å². The molecule has 7 nitrogen and oxygen atoms in total. The topological polar surface area (TPSA) is 86.8 Å². The van der Waals surface area contributed by atoms with Crippen LogP contribution >= 0.6 is 23.2 Å². The van der Waals surface area contributed by atoms with Crippen LogP contribution < -0.4 is 9.62 Å². The molecule has 0 aliphatic rings. The van der Waals surface area contributed by atoms with Gasteiger partial charge >= 0.3 is 0 Å². The Kier molecular flexibility index (Phi) is 11.2. The van der Waals surface area contributed by atoms with Gasteiger partial charge in [0.1, 0.15) is 12.6 Å². The maximum absolute atomic E-state index is 14.1. The first-order valence-corrected chi connectivity index (χ1v) is 15.7. The van der Waals surface area contributed by atoms with E-state index in [2.05, 4.69) is 5.32 Å². The van der Waals surface area contributed by atoms with E-state index in [1.807, 2.05) is 58.9 Å². The number of aryl methyl sites for hydroxylation is 2. The summed E-state index contributed by atoms with van der Waals surface area (Å²) in [5.74, 6) is -0.606. The van der Waals surface area contributed by atoms with Gasteiger partial charge < -0.3 is 10.2 Å². The number of hydrogen-bond donors (Lipinski definition) is 1. The lowest BCUT2D eigenvalue weighted by atomic mass is 10.1. The highest BCUT2D eigenvalue weighted by Gasteiger charge is 2.34. The molecule has 3 aromatic carbocycles. The second-order valence-corrected chi connectivity index (χ2v) is 13.3. The van der Waals surface area contributed by atoms with E-state index in [1.54, 1.807) is 12.1 Å². The molecule has 0 aromatic heterocycles. The fourth-order valence-corrected chi connectivity index (χ4v) is 6.31. The van der Waals surface area contributed by atoms with E-state index >= 15 is 0 Å². The van der Waals surface area contributed by atoms with Gasteiger partial charge in [-0.05, 0) is 62.1 Å². The molecule has 41 heavy (non-hydrogen) atoms. The second-order valence-electron chi connectivity index (χ2n) is 10.5. The molecular formula is C31H37Cl2N3O4S. The smallest absolute Gasteiger partial charge is 0.264 e. The van der Waals surface area contributed by atoms with Gasteiger partial charge in [0.05, 0.1) is 10.6 Å². The average Bonchev–Trinajstić information content (AvgIpc) is 2.89. The van der Waals surface area contributed by atoms with Crippen molar-refractivity contribution >= 4 is 50.7 Å². The first-order chi connectivity index (χ1) is 19.3. The second kappa shape index (κ2) is 14.2. The van der Waals surface area contributed by atoms with Crippen LogP contribution in [0, 0.1) is 19.8 Å². The molecule has 0 aliphatic heterocycles. The van der Waals surface area contributed by atoms with Gasteiger partial charge in [-0.15, -0.1) is 0 Å². The molecule has 1 N–H and O–H groups in total. The van der Waals surface area contributed by atoms with Crippen LogP contribution in [0.4, 0.5) is 5.69 Å². The summed E-state index contributed by atoms with van der Waals surface area (Å²) in [5, 5.41) is 3.37. The van der Waals surface area contributed by atoms with Gasteiger partial charge in [-0.3, -0.25) is 13.9 Å². The molecule has 0 spiro atoms. The monoisotopic (exact) mass is 617 g/mol. The average molecular weight is 619 g/mol. The summed E-state index contributed by atoms with van der Waals surface area (Å²) in [6, 6.07) is 17.6. The van der Waals surface area contributed by atoms with Crippen LogP contribution in [0.15, 0.2) is 71.6 Å². The maximum Gasteiger partial charge on any atom is 0.264 e. The number of carbonyl (C=O) groups excluding carboxylic acids is 2. The third kappa shape index (κ3) is 8.71. The maximum atomic E-state index is 14.1. The lowest BCUT2D eigenvalue weighted by molar-refractivity contribution is -0.140. The van der Waals surface area contributed by atoms with E-state index in [4.69, 9.17) is 23.2 Å². The zero-order valence-electron chi connectivity index (χ0n) is 24.0. The van der Waals surface area contributed by atoms with Crippen molar-refractivity contribution in [2.24, 2.45) is 5.92 Å². The van der Waals surface area contributed by atoms with Crippen molar-refractivity contribution in [3.63, 3.8) is 0 Å². The summed E-state index contributed by atoms with van der Waals surface area (Å²) < 4.78 is 28.9. The number of anilines is 1. The van der Waals surface area contributed by atoms with Gasteiger partial charge in [0.25, 0.3) is 10.0 Å². The first-order valence-electron chi connectivity index (χ1n) is 13.5. The zero-order chi connectivity index (χ0) is 30.3. The predicted molar refractivity (Wildman–Crippen MR) is 166 cm³/mol. The molecule has 0 fully saturated rings. The number of nitrogens with one attached hydrogen (secondary N) is 1.